The van der Waals surface area contributed by atoms with Crippen molar-refractivity contribution in [3.63, 3.8) is 0 Å². The second kappa shape index (κ2) is 7.80. The van der Waals surface area contributed by atoms with Gasteiger partial charge in [0, 0.05) is 6.61 Å². The van der Waals surface area contributed by atoms with E-state index in [1.54, 1.807) is 0 Å². The van der Waals surface area contributed by atoms with E-state index in [0.717, 1.165) is 36.0 Å². The molecule has 5 fully saturated rings. The van der Waals surface area contributed by atoms with Gasteiger partial charge in [0.25, 0.3) is 0 Å². The maximum absolute atomic E-state index is 10.5. The summed E-state index contributed by atoms with van der Waals surface area (Å²) in [6.45, 7) is 12.1. The number of aliphatic hydroxyl groups is 2. The Morgan fingerprint density at radius 3 is 2.14 bits per heavy atom. The van der Waals surface area contributed by atoms with Gasteiger partial charge in [-0.25, -0.2) is 0 Å². The van der Waals surface area contributed by atoms with Crippen LogP contribution >= 0.6 is 0 Å². The lowest BCUT2D eigenvalue weighted by molar-refractivity contribution is -0.197. The smallest absolute Gasteiger partial charge is 0.0568 e. The van der Waals surface area contributed by atoms with Gasteiger partial charge in [0.15, 0.2) is 0 Å². The number of rotatable bonds is 1. The van der Waals surface area contributed by atoms with Crippen LogP contribution in [0.3, 0.4) is 0 Å². The Labute approximate surface area is 180 Å². The first kappa shape index (κ1) is 22.1. The average Bonchev–Trinajstić information content (AvgIpc) is 3.17. The fraction of sp³-hybridized carbons (Fsp3) is 1.00. The second-order valence-corrected chi connectivity index (χ2v) is 12.1. The Balaban J connectivity index is 0.000000994. The molecule has 2 heteroatoms. The zero-order chi connectivity index (χ0) is 21.0. The number of hydrogen-bond donors (Lipinski definition) is 2. The molecule has 2 nitrogen and oxygen atoms in total. The Bertz CT molecular complexity index is 589. The molecular weight excluding hydrogens is 356 g/mol. The number of hydrogen-bond acceptors (Lipinski definition) is 2. The van der Waals surface area contributed by atoms with Gasteiger partial charge in [-0.1, -0.05) is 41.0 Å². The lowest BCUT2D eigenvalue weighted by atomic mass is 9.37. The highest BCUT2D eigenvalue weighted by atomic mass is 16.3. The summed E-state index contributed by atoms with van der Waals surface area (Å²) < 4.78 is 0. The molecule has 5 aliphatic rings. The number of aliphatic hydroxyl groups excluding tert-OH is 2. The first-order valence-electron chi connectivity index (χ1n) is 13.1. The van der Waals surface area contributed by atoms with E-state index < -0.39 is 0 Å². The minimum atomic E-state index is -0.0675. The van der Waals surface area contributed by atoms with Gasteiger partial charge < -0.3 is 10.2 Å². The summed E-state index contributed by atoms with van der Waals surface area (Å²) in [4.78, 5) is 0. The van der Waals surface area contributed by atoms with Gasteiger partial charge in [0.2, 0.25) is 0 Å². The molecule has 0 aliphatic heterocycles. The van der Waals surface area contributed by atoms with E-state index in [4.69, 9.17) is 0 Å². The quantitative estimate of drug-likeness (QED) is 0.528. The monoisotopic (exact) mass is 404 g/mol. The lowest BCUT2D eigenvalue weighted by Gasteiger charge is -2.67. The molecule has 0 aromatic carbocycles. The minimum absolute atomic E-state index is 0.0675. The summed E-state index contributed by atoms with van der Waals surface area (Å²) >= 11 is 0. The molecule has 29 heavy (non-hydrogen) atoms. The van der Waals surface area contributed by atoms with Gasteiger partial charge in [0.05, 0.1) is 6.10 Å². The summed E-state index contributed by atoms with van der Waals surface area (Å²) in [5.74, 6) is 4.62. The molecule has 2 N–H and O–H groups in total. The van der Waals surface area contributed by atoms with Gasteiger partial charge in [0.1, 0.15) is 0 Å². The Kier molecular flexibility index (Phi) is 5.95. The zero-order valence-electron chi connectivity index (χ0n) is 19.9. The Hall–Kier alpha value is -0.0800. The molecule has 0 aromatic heterocycles. The van der Waals surface area contributed by atoms with E-state index in [1.165, 1.54) is 64.2 Å². The van der Waals surface area contributed by atoms with Crippen molar-refractivity contribution in [2.75, 3.05) is 6.61 Å². The molecule has 0 amide bonds. The van der Waals surface area contributed by atoms with Crippen molar-refractivity contribution in [2.24, 2.45) is 51.8 Å². The normalized spacial score (nSPS) is 56.2. The molecule has 0 heterocycles. The lowest BCUT2D eigenvalue weighted by Crippen LogP contribution is -2.61. The SMILES string of the molecule is CC.CC1C(O)CCC2(C)C1CCC1(C)C3CCC4(CO)CCCC4C3CCC21. The maximum Gasteiger partial charge on any atom is 0.0568 e. The summed E-state index contributed by atoms with van der Waals surface area (Å²) in [6.07, 6.45) is 14.4. The van der Waals surface area contributed by atoms with Gasteiger partial charge in [-0.15, -0.1) is 0 Å². The third kappa shape index (κ3) is 3.01. The molecule has 5 aliphatic carbocycles. The van der Waals surface area contributed by atoms with E-state index in [-0.39, 0.29) is 11.5 Å². The van der Waals surface area contributed by atoms with Crippen LogP contribution in [0.5, 0.6) is 0 Å². The topological polar surface area (TPSA) is 40.5 Å². The molecular formula is C27H48O2. The summed E-state index contributed by atoms with van der Waals surface area (Å²) in [6, 6.07) is 0. The highest BCUT2D eigenvalue weighted by Gasteiger charge is 2.64. The van der Waals surface area contributed by atoms with Crippen molar-refractivity contribution in [1.29, 1.82) is 0 Å². The van der Waals surface area contributed by atoms with Crippen LogP contribution < -0.4 is 0 Å². The molecule has 5 rings (SSSR count). The highest BCUT2D eigenvalue weighted by Crippen LogP contribution is 2.71. The van der Waals surface area contributed by atoms with E-state index in [0.29, 0.717) is 23.4 Å². The second-order valence-electron chi connectivity index (χ2n) is 12.1. The van der Waals surface area contributed by atoms with Crippen molar-refractivity contribution in [2.45, 2.75) is 111 Å². The van der Waals surface area contributed by atoms with Crippen LogP contribution in [-0.2, 0) is 0 Å². The number of fused-ring (bicyclic) bond motifs is 7. The van der Waals surface area contributed by atoms with Gasteiger partial charge in [-0.05, 0) is 116 Å². The summed E-state index contributed by atoms with van der Waals surface area (Å²) in [5, 5.41) is 20.8. The van der Waals surface area contributed by atoms with Crippen molar-refractivity contribution in [1.82, 2.24) is 0 Å². The fourth-order valence-corrected chi connectivity index (χ4v) is 10.2. The van der Waals surface area contributed by atoms with Crippen LogP contribution in [0.1, 0.15) is 105 Å². The molecule has 5 saturated carbocycles. The zero-order valence-corrected chi connectivity index (χ0v) is 19.9. The predicted octanol–water partition coefficient (Wildman–Crippen LogP) is 6.44. The molecule has 10 atom stereocenters. The van der Waals surface area contributed by atoms with Crippen LogP contribution in [0.4, 0.5) is 0 Å². The van der Waals surface area contributed by atoms with Gasteiger partial charge in [-0.2, -0.15) is 0 Å². The van der Waals surface area contributed by atoms with Crippen LogP contribution in [0.25, 0.3) is 0 Å². The molecule has 168 valence electrons. The third-order valence-corrected chi connectivity index (χ3v) is 11.6. The average molecular weight is 405 g/mol. The summed E-state index contributed by atoms with van der Waals surface area (Å²) in [7, 11) is 0. The molecule has 0 aromatic rings. The first-order valence-corrected chi connectivity index (χ1v) is 13.1. The third-order valence-electron chi connectivity index (χ3n) is 11.6. The van der Waals surface area contributed by atoms with Crippen molar-refractivity contribution < 1.29 is 10.2 Å². The van der Waals surface area contributed by atoms with Gasteiger partial charge >= 0.3 is 0 Å². The molecule has 0 spiro atoms. The van der Waals surface area contributed by atoms with E-state index in [9.17, 15) is 10.2 Å². The Morgan fingerprint density at radius 2 is 1.41 bits per heavy atom. The maximum atomic E-state index is 10.5. The first-order chi connectivity index (χ1) is 13.9. The molecule has 0 radical (unpaired) electrons. The van der Waals surface area contributed by atoms with Crippen LogP contribution in [0, 0.1) is 51.8 Å². The van der Waals surface area contributed by atoms with Crippen LogP contribution in [0.2, 0.25) is 0 Å². The highest BCUT2D eigenvalue weighted by molar-refractivity contribution is 5.13. The van der Waals surface area contributed by atoms with E-state index in [1.807, 2.05) is 13.8 Å². The van der Waals surface area contributed by atoms with Crippen LogP contribution in [-0.4, -0.2) is 22.9 Å². The van der Waals surface area contributed by atoms with Crippen LogP contribution in [0.15, 0.2) is 0 Å². The molecule has 0 bridgehead atoms. The van der Waals surface area contributed by atoms with E-state index in [2.05, 4.69) is 20.8 Å². The van der Waals surface area contributed by atoms with Crippen molar-refractivity contribution >= 4 is 0 Å². The molecule has 0 saturated heterocycles. The summed E-state index contributed by atoms with van der Waals surface area (Å²) in [5.41, 5.74) is 1.23. The fourth-order valence-electron chi connectivity index (χ4n) is 10.2. The van der Waals surface area contributed by atoms with Crippen molar-refractivity contribution in [3.8, 4) is 0 Å². The Morgan fingerprint density at radius 1 is 0.759 bits per heavy atom. The molecule has 10 unspecified atom stereocenters. The minimum Gasteiger partial charge on any atom is -0.396 e. The standard InChI is InChI=1S/C25H42O2.C2H6/c1-16-18-8-12-24(3)19-9-14-25(15-26)11-4-5-20(25)17(19)6-7-22(24)23(18,2)13-10-21(16)27;1-2/h16-22,26-27H,4-15H2,1-3H3;1-2H3. The largest absolute Gasteiger partial charge is 0.396 e. The van der Waals surface area contributed by atoms with Crippen molar-refractivity contribution in [3.05, 3.63) is 0 Å². The van der Waals surface area contributed by atoms with Gasteiger partial charge in [-0.3, -0.25) is 0 Å². The van der Waals surface area contributed by atoms with E-state index >= 15 is 0 Å². The predicted molar refractivity (Wildman–Crippen MR) is 120 cm³/mol.